The van der Waals surface area contributed by atoms with E-state index in [0.29, 0.717) is 0 Å². The van der Waals surface area contributed by atoms with Crippen LogP contribution in [0.2, 0.25) is 0 Å². The van der Waals surface area contributed by atoms with E-state index >= 15 is 0 Å². The minimum Gasteiger partial charge on any atom is -0.467 e. The molecule has 4 rings (SSSR count). The fourth-order valence-corrected chi connectivity index (χ4v) is 4.12. The number of methoxy groups -OCH3 is 2. The molecule has 0 amide bonds. The second-order valence-corrected chi connectivity index (χ2v) is 8.80. The van der Waals surface area contributed by atoms with Crippen LogP contribution < -0.4 is 9.47 Å². The van der Waals surface area contributed by atoms with Crippen molar-refractivity contribution >= 4 is 12.2 Å². The van der Waals surface area contributed by atoms with Crippen LogP contribution in [0, 0.1) is 0 Å². The predicted molar refractivity (Wildman–Crippen MR) is 155 cm³/mol. The van der Waals surface area contributed by atoms with Crippen molar-refractivity contribution in [2.24, 2.45) is 0 Å². The van der Waals surface area contributed by atoms with Crippen molar-refractivity contribution in [1.29, 1.82) is 0 Å². The molecule has 0 radical (unpaired) electrons. The SMILES string of the molecule is COCOc1ccc(C/C=C/c2ccccc2)cc1-c1cc(C/C=C/c2ccccc2)ccc1OCOC. The number of allylic oxidation sites excluding steroid dienone is 2. The molecular weight excluding hydrogens is 472 g/mol. The highest BCUT2D eigenvalue weighted by atomic mass is 16.7. The van der Waals surface area contributed by atoms with Crippen LogP contribution in [-0.4, -0.2) is 27.8 Å². The molecule has 4 aromatic carbocycles. The standard InChI is InChI=1S/C34H34O4/c1-35-25-37-33-21-19-29(17-9-15-27-11-5-3-6-12-27)23-31(33)32-24-30(20-22-34(32)38-26-36-2)18-10-16-28-13-7-4-8-14-28/h3-16,19-24H,17-18,25-26H2,1-2H3/b15-9+,16-10+. The minimum atomic E-state index is 0.161. The fraction of sp³-hybridized carbons (Fsp3) is 0.176. The fourth-order valence-electron chi connectivity index (χ4n) is 4.12. The van der Waals surface area contributed by atoms with Crippen LogP contribution >= 0.6 is 0 Å². The van der Waals surface area contributed by atoms with Gasteiger partial charge in [0.2, 0.25) is 0 Å². The molecule has 0 bridgehead atoms. The Morgan fingerprint density at radius 3 is 1.34 bits per heavy atom. The molecule has 0 aliphatic rings. The Labute approximate surface area is 225 Å². The maximum Gasteiger partial charge on any atom is 0.188 e. The molecule has 4 heteroatoms. The van der Waals surface area contributed by atoms with E-state index in [4.69, 9.17) is 18.9 Å². The number of benzene rings is 4. The van der Waals surface area contributed by atoms with Crippen molar-refractivity contribution in [2.45, 2.75) is 12.8 Å². The van der Waals surface area contributed by atoms with Gasteiger partial charge in [0.05, 0.1) is 0 Å². The zero-order valence-corrected chi connectivity index (χ0v) is 22.0. The summed E-state index contributed by atoms with van der Waals surface area (Å²) < 4.78 is 22.3. The van der Waals surface area contributed by atoms with Crippen LogP contribution in [0.4, 0.5) is 0 Å². The van der Waals surface area contributed by atoms with Crippen LogP contribution in [0.1, 0.15) is 22.3 Å². The van der Waals surface area contributed by atoms with Crippen molar-refractivity contribution < 1.29 is 18.9 Å². The van der Waals surface area contributed by atoms with Gasteiger partial charge in [-0.15, -0.1) is 0 Å². The molecule has 0 saturated carbocycles. The second-order valence-electron chi connectivity index (χ2n) is 8.80. The van der Waals surface area contributed by atoms with E-state index in [9.17, 15) is 0 Å². The first-order valence-corrected chi connectivity index (χ1v) is 12.7. The maximum absolute atomic E-state index is 5.97. The molecule has 0 unspecified atom stereocenters. The van der Waals surface area contributed by atoms with E-state index in [1.165, 1.54) is 22.3 Å². The normalized spacial score (nSPS) is 11.3. The molecule has 0 atom stereocenters. The first-order chi connectivity index (χ1) is 18.8. The molecule has 194 valence electrons. The quantitative estimate of drug-likeness (QED) is 0.173. The number of rotatable bonds is 13. The lowest BCUT2D eigenvalue weighted by atomic mass is 9.96. The molecule has 0 N–H and O–H groups in total. The molecule has 0 aromatic heterocycles. The van der Waals surface area contributed by atoms with Crippen LogP contribution in [0.25, 0.3) is 23.3 Å². The second kappa shape index (κ2) is 14.6. The summed E-state index contributed by atoms with van der Waals surface area (Å²) >= 11 is 0. The lowest BCUT2D eigenvalue weighted by Gasteiger charge is -2.17. The van der Waals surface area contributed by atoms with Gasteiger partial charge in [-0.25, -0.2) is 0 Å². The molecule has 0 aliphatic carbocycles. The van der Waals surface area contributed by atoms with Gasteiger partial charge in [0, 0.05) is 25.3 Å². The summed E-state index contributed by atoms with van der Waals surface area (Å²) in [7, 11) is 3.24. The highest BCUT2D eigenvalue weighted by Crippen LogP contribution is 2.38. The molecular formula is C34H34O4. The molecule has 0 heterocycles. The van der Waals surface area contributed by atoms with Gasteiger partial charge in [0.1, 0.15) is 11.5 Å². The number of ether oxygens (including phenoxy) is 4. The van der Waals surface area contributed by atoms with E-state index < -0.39 is 0 Å². The van der Waals surface area contributed by atoms with E-state index in [1.54, 1.807) is 14.2 Å². The van der Waals surface area contributed by atoms with Crippen molar-refractivity contribution in [2.75, 3.05) is 27.8 Å². The lowest BCUT2D eigenvalue weighted by Crippen LogP contribution is -2.03. The molecule has 4 aromatic rings. The summed E-state index contributed by atoms with van der Waals surface area (Å²) in [4.78, 5) is 0. The predicted octanol–water partition coefficient (Wildman–Crippen LogP) is 7.83. The molecule has 0 fully saturated rings. The number of hydrogen-bond acceptors (Lipinski definition) is 4. The summed E-state index contributed by atoms with van der Waals surface area (Å²) in [6.45, 7) is 0.321. The summed E-state index contributed by atoms with van der Waals surface area (Å²) in [5.41, 5.74) is 6.60. The first kappa shape index (κ1) is 26.9. The van der Waals surface area contributed by atoms with Gasteiger partial charge in [-0.2, -0.15) is 0 Å². The Morgan fingerprint density at radius 2 is 0.947 bits per heavy atom. The van der Waals surface area contributed by atoms with Gasteiger partial charge >= 0.3 is 0 Å². The Morgan fingerprint density at radius 1 is 0.526 bits per heavy atom. The van der Waals surface area contributed by atoms with Gasteiger partial charge in [-0.3, -0.25) is 0 Å². The number of hydrogen-bond donors (Lipinski definition) is 0. The van der Waals surface area contributed by atoms with Crippen LogP contribution in [0.15, 0.2) is 109 Å². The smallest absolute Gasteiger partial charge is 0.188 e. The van der Waals surface area contributed by atoms with Gasteiger partial charge in [0.15, 0.2) is 13.6 Å². The van der Waals surface area contributed by atoms with Crippen molar-refractivity contribution in [3.05, 3.63) is 131 Å². The van der Waals surface area contributed by atoms with Gasteiger partial charge in [0.25, 0.3) is 0 Å². The Kier molecular flexibility index (Phi) is 10.3. The molecule has 38 heavy (non-hydrogen) atoms. The van der Waals surface area contributed by atoms with Crippen LogP contribution in [-0.2, 0) is 22.3 Å². The Hall–Kier alpha value is -4.12. The molecule has 0 spiro atoms. The zero-order chi connectivity index (χ0) is 26.4. The maximum atomic E-state index is 5.97. The largest absolute Gasteiger partial charge is 0.467 e. The van der Waals surface area contributed by atoms with Crippen LogP contribution in [0.5, 0.6) is 11.5 Å². The monoisotopic (exact) mass is 506 g/mol. The van der Waals surface area contributed by atoms with E-state index in [1.807, 2.05) is 48.5 Å². The third-order valence-corrected chi connectivity index (χ3v) is 5.97. The summed E-state index contributed by atoms with van der Waals surface area (Å²) in [5, 5.41) is 0. The van der Waals surface area contributed by atoms with Gasteiger partial charge in [-0.05, 0) is 59.4 Å². The van der Waals surface area contributed by atoms with Gasteiger partial charge < -0.3 is 18.9 Å². The highest BCUT2D eigenvalue weighted by molar-refractivity contribution is 5.77. The van der Waals surface area contributed by atoms with Crippen LogP contribution in [0.3, 0.4) is 0 Å². The molecule has 0 saturated heterocycles. The minimum absolute atomic E-state index is 0.161. The average Bonchev–Trinajstić information content (AvgIpc) is 2.97. The Balaban J connectivity index is 1.65. The average molecular weight is 507 g/mol. The molecule has 4 nitrogen and oxygen atoms in total. The third-order valence-electron chi connectivity index (χ3n) is 5.97. The van der Waals surface area contributed by atoms with E-state index in [-0.39, 0.29) is 13.6 Å². The topological polar surface area (TPSA) is 36.9 Å². The molecule has 0 aliphatic heterocycles. The Bertz CT molecular complexity index is 1220. The van der Waals surface area contributed by atoms with Crippen molar-refractivity contribution in [1.82, 2.24) is 0 Å². The summed E-state index contributed by atoms with van der Waals surface area (Å²) in [6, 6.07) is 33.1. The van der Waals surface area contributed by atoms with Crippen molar-refractivity contribution in [3.63, 3.8) is 0 Å². The highest BCUT2D eigenvalue weighted by Gasteiger charge is 2.14. The van der Waals surface area contributed by atoms with E-state index in [0.717, 1.165) is 35.5 Å². The van der Waals surface area contributed by atoms with Gasteiger partial charge in [-0.1, -0.05) is 97.1 Å². The van der Waals surface area contributed by atoms with Crippen molar-refractivity contribution in [3.8, 4) is 22.6 Å². The van der Waals surface area contributed by atoms with E-state index in [2.05, 4.69) is 72.8 Å². The summed E-state index contributed by atoms with van der Waals surface area (Å²) in [5.74, 6) is 1.48. The zero-order valence-electron chi connectivity index (χ0n) is 22.0. The third kappa shape index (κ3) is 7.94. The first-order valence-electron chi connectivity index (χ1n) is 12.7. The summed E-state index contributed by atoms with van der Waals surface area (Å²) in [6.07, 6.45) is 10.2. The lowest BCUT2D eigenvalue weighted by molar-refractivity contribution is 0.0500.